The van der Waals surface area contributed by atoms with Crippen LogP contribution in [-0.2, 0) is 0 Å². The number of hydrogen-bond acceptors (Lipinski definition) is 4. The smallest absolute Gasteiger partial charge is 0.243 e. The Labute approximate surface area is 105 Å². The highest BCUT2D eigenvalue weighted by Crippen LogP contribution is 2.15. The number of nitrogens with zero attached hydrogens (tertiary/aromatic N) is 4. The van der Waals surface area contributed by atoms with E-state index in [-0.39, 0.29) is 5.82 Å². The molecule has 0 bridgehead atoms. The van der Waals surface area contributed by atoms with E-state index >= 15 is 0 Å². The van der Waals surface area contributed by atoms with Crippen LogP contribution in [0, 0.1) is 11.7 Å². The minimum Gasteiger partial charge on any atom is -0.353 e. The summed E-state index contributed by atoms with van der Waals surface area (Å²) in [5.74, 6) is 0.893. The second-order valence-corrected chi connectivity index (χ2v) is 4.88. The SMILES string of the molecule is CN1CCC(CNc2nc3ccc(F)cn3n2)C1. The van der Waals surface area contributed by atoms with E-state index in [2.05, 4.69) is 27.3 Å². The number of pyridine rings is 1. The van der Waals surface area contributed by atoms with Crippen molar-refractivity contribution in [2.24, 2.45) is 5.92 Å². The molecule has 0 amide bonds. The molecule has 1 saturated heterocycles. The number of aromatic nitrogens is 3. The maximum absolute atomic E-state index is 13.0. The molecule has 1 aliphatic heterocycles. The monoisotopic (exact) mass is 249 g/mol. The van der Waals surface area contributed by atoms with Gasteiger partial charge in [-0.1, -0.05) is 0 Å². The highest BCUT2D eigenvalue weighted by molar-refractivity contribution is 5.43. The summed E-state index contributed by atoms with van der Waals surface area (Å²) in [6.07, 6.45) is 2.53. The van der Waals surface area contributed by atoms with Crippen molar-refractivity contribution in [2.75, 3.05) is 32.0 Å². The van der Waals surface area contributed by atoms with E-state index in [1.807, 2.05) is 0 Å². The summed E-state index contributed by atoms with van der Waals surface area (Å²) in [7, 11) is 2.13. The summed E-state index contributed by atoms with van der Waals surface area (Å²) in [6, 6.07) is 3.01. The zero-order valence-corrected chi connectivity index (χ0v) is 10.3. The van der Waals surface area contributed by atoms with Gasteiger partial charge in [0.05, 0.1) is 6.20 Å². The van der Waals surface area contributed by atoms with Crippen molar-refractivity contribution < 1.29 is 4.39 Å². The summed E-state index contributed by atoms with van der Waals surface area (Å²) in [5, 5.41) is 7.42. The average Bonchev–Trinajstić information content (AvgIpc) is 2.92. The van der Waals surface area contributed by atoms with E-state index < -0.39 is 0 Å². The lowest BCUT2D eigenvalue weighted by Gasteiger charge is -2.09. The topological polar surface area (TPSA) is 45.5 Å². The molecule has 3 rings (SSSR count). The predicted octanol–water partition coefficient (Wildman–Crippen LogP) is 1.23. The van der Waals surface area contributed by atoms with Gasteiger partial charge >= 0.3 is 0 Å². The summed E-state index contributed by atoms with van der Waals surface area (Å²) < 4.78 is 14.5. The molecule has 0 aromatic carbocycles. The third kappa shape index (κ3) is 2.28. The summed E-state index contributed by atoms with van der Waals surface area (Å²) in [5.41, 5.74) is 0.655. The average molecular weight is 249 g/mol. The Morgan fingerprint density at radius 1 is 1.50 bits per heavy atom. The van der Waals surface area contributed by atoms with Crippen molar-refractivity contribution in [1.82, 2.24) is 19.5 Å². The standard InChI is InChI=1S/C12H16FN5/c1-17-5-4-9(7-17)6-14-12-15-11-3-2-10(13)8-18(11)16-12/h2-3,8-9H,4-7H2,1H3,(H,14,16). The van der Waals surface area contributed by atoms with Gasteiger partial charge in [-0.15, -0.1) is 5.10 Å². The molecular weight excluding hydrogens is 233 g/mol. The number of rotatable bonds is 3. The van der Waals surface area contributed by atoms with E-state index in [1.54, 1.807) is 6.07 Å². The lowest BCUT2D eigenvalue weighted by Crippen LogP contribution is -2.19. The van der Waals surface area contributed by atoms with Crippen molar-refractivity contribution in [1.29, 1.82) is 0 Å². The molecule has 1 N–H and O–H groups in total. The molecule has 1 unspecified atom stereocenters. The quantitative estimate of drug-likeness (QED) is 0.888. The van der Waals surface area contributed by atoms with Crippen LogP contribution in [0.4, 0.5) is 10.3 Å². The molecule has 0 saturated carbocycles. The fourth-order valence-corrected chi connectivity index (χ4v) is 2.36. The van der Waals surface area contributed by atoms with E-state index in [0.717, 1.165) is 19.6 Å². The van der Waals surface area contributed by atoms with Crippen LogP contribution >= 0.6 is 0 Å². The van der Waals surface area contributed by atoms with Crippen LogP contribution in [-0.4, -0.2) is 46.2 Å². The fourth-order valence-electron chi connectivity index (χ4n) is 2.36. The van der Waals surface area contributed by atoms with Gasteiger partial charge in [0.2, 0.25) is 5.95 Å². The number of fused-ring (bicyclic) bond motifs is 1. The molecule has 0 aliphatic carbocycles. The van der Waals surface area contributed by atoms with Crippen LogP contribution in [0.25, 0.3) is 5.65 Å². The molecule has 3 heterocycles. The van der Waals surface area contributed by atoms with Gasteiger partial charge in [-0.05, 0) is 38.1 Å². The first kappa shape index (κ1) is 11.4. The molecule has 1 atom stereocenters. The van der Waals surface area contributed by atoms with Gasteiger partial charge in [-0.25, -0.2) is 8.91 Å². The van der Waals surface area contributed by atoms with Crippen LogP contribution in [0.3, 0.4) is 0 Å². The van der Waals surface area contributed by atoms with Gasteiger partial charge in [0.1, 0.15) is 5.82 Å². The lowest BCUT2D eigenvalue weighted by atomic mass is 10.1. The van der Waals surface area contributed by atoms with Crippen molar-refractivity contribution in [3.05, 3.63) is 24.1 Å². The van der Waals surface area contributed by atoms with E-state index in [4.69, 9.17) is 0 Å². The maximum Gasteiger partial charge on any atom is 0.243 e. The molecule has 5 nitrogen and oxygen atoms in total. The second-order valence-electron chi connectivity index (χ2n) is 4.88. The van der Waals surface area contributed by atoms with Gasteiger partial charge in [0.25, 0.3) is 0 Å². The van der Waals surface area contributed by atoms with Crippen LogP contribution in [0.2, 0.25) is 0 Å². The zero-order valence-electron chi connectivity index (χ0n) is 10.3. The minimum absolute atomic E-state index is 0.309. The van der Waals surface area contributed by atoms with E-state index in [1.165, 1.54) is 23.2 Å². The van der Waals surface area contributed by atoms with Gasteiger partial charge in [0.15, 0.2) is 5.65 Å². The van der Waals surface area contributed by atoms with Crippen molar-refractivity contribution in [3.63, 3.8) is 0 Å². The number of hydrogen-bond donors (Lipinski definition) is 1. The van der Waals surface area contributed by atoms with Gasteiger partial charge in [0, 0.05) is 13.1 Å². The van der Waals surface area contributed by atoms with E-state index in [9.17, 15) is 4.39 Å². The Kier molecular flexibility index (Phi) is 2.87. The molecule has 2 aromatic rings. The normalized spacial score (nSPS) is 20.7. The Hall–Kier alpha value is -1.69. The fraction of sp³-hybridized carbons (Fsp3) is 0.500. The molecule has 0 spiro atoms. The minimum atomic E-state index is -0.309. The number of nitrogens with one attached hydrogen (secondary N) is 1. The maximum atomic E-state index is 13.0. The zero-order chi connectivity index (χ0) is 12.5. The number of halogens is 1. The van der Waals surface area contributed by atoms with Crippen LogP contribution in [0.15, 0.2) is 18.3 Å². The summed E-state index contributed by atoms with van der Waals surface area (Å²) in [6.45, 7) is 3.12. The van der Waals surface area contributed by atoms with Gasteiger partial charge in [-0.3, -0.25) is 0 Å². The summed E-state index contributed by atoms with van der Waals surface area (Å²) in [4.78, 5) is 6.61. The number of anilines is 1. The van der Waals surface area contributed by atoms with Crippen molar-refractivity contribution >= 4 is 11.6 Å². The first-order chi connectivity index (χ1) is 8.70. The first-order valence-corrected chi connectivity index (χ1v) is 6.15. The van der Waals surface area contributed by atoms with Crippen molar-refractivity contribution in [2.45, 2.75) is 6.42 Å². The van der Waals surface area contributed by atoms with Gasteiger partial charge < -0.3 is 10.2 Å². The largest absolute Gasteiger partial charge is 0.353 e. The van der Waals surface area contributed by atoms with Crippen LogP contribution in [0.1, 0.15) is 6.42 Å². The molecule has 96 valence electrons. The second kappa shape index (κ2) is 4.53. The molecule has 6 heteroatoms. The molecule has 2 aromatic heterocycles. The Bertz CT molecular complexity index is 552. The predicted molar refractivity (Wildman–Crippen MR) is 67.0 cm³/mol. The Morgan fingerprint density at radius 2 is 2.39 bits per heavy atom. The van der Waals surface area contributed by atoms with Crippen LogP contribution in [0.5, 0.6) is 0 Å². The first-order valence-electron chi connectivity index (χ1n) is 6.15. The van der Waals surface area contributed by atoms with Gasteiger partial charge in [-0.2, -0.15) is 4.98 Å². The Morgan fingerprint density at radius 3 is 3.17 bits per heavy atom. The molecule has 1 fully saturated rings. The lowest BCUT2D eigenvalue weighted by molar-refractivity contribution is 0.399. The molecular formula is C12H16FN5. The van der Waals surface area contributed by atoms with Crippen molar-refractivity contribution in [3.8, 4) is 0 Å². The Balaban J connectivity index is 1.67. The number of likely N-dealkylation sites (tertiary alicyclic amines) is 1. The van der Waals surface area contributed by atoms with E-state index in [0.29, 0.717) is 17.5 Å². The van der Waals surface area contributed by atoms with Crippen LogP contribution < -0.4 is 5.32 Å². The molecule has 0 radical (unpaired) electrons. The highest BCUT2D eigenvalue weighted by Gasteiger charge is 2.19. The summed E-state index contributed by atoms with van der Waals surface area (Å²) >= 11 is 0. The third-order valence-corrected chi connectivity index (χ3v) is 3.33. The highest BCUT2D eigenvalue weighted by atomic mass is 19.1. The third-order valence-electron chi connectivity index (χ3n) is 3.33. The molecule has 1 aliphatic rings. The molecule has 18 heavy (non-hydrogen) atoms.